The Kier molecular flexibility index (Phi) is 6.60. The molecule has 2 aromatic rings. The number of ether oxygens (including phenoxy) is 2. The van der Waals surface area contributed by atoms with Crippen molar-refractivity contribution >= 4 is 23.5 Å². The number of methoxy groups -OCH3 is 1. The van der Waals surface area contributed by atoms with Crippen LogP contribution in [0.1, 0.15) is 6.92 Å². The molecule has 1 atom stereocenters. The summed E-state index contributed by atoms with van der Waals surface area (Å²) in [4.78, 5) is 23.3. The van der Waals surface area contributed by atoms with Gasteiger partial charge in [-0.2, -0.15) is 0 Å². The lowest BCUT2D eigenvalue weighted by molar-refractivity contribution is -0.149. The maximum absolute atomic E-state index is 12.0. The second-order valence-corrected chi connectivity index (χ2v) is 6.33. The van der Waals surface area contributed by atoms with Crippen LogP contribution in [0.2, 0.25) is 5.02 Å². The van der Waals surface area contributed by atoms with Crippen LogP contribution in [0.25, 0.3) is 11.1 Å². The van der Waals surface area contributed by atoms with E-state index in [0.717, 1.165) is 11.1 Å². The quantitative estimate of drug-likeness (QED) is 0.738. The van der Waals surface area contributed by atoms with Gasteiger partial charge in [0.1, 0.15) is 5.75 Å². The number of carboxylic acid groups (broad SMARTS) is 1. The number of carbonyl (C=O) groups excluding carboxylic acids is 1. The molecule has 0 aliphatic carbocycles. The number of halogens is 1. The predicted octanol–water partition coefficient (Wildman–Crippen LogP) is 2.99. The zero-order chi connectivity index (χ0) is 19.2. The van der Waals surface area contributed by atoms with Crippen molar-refractivity contribution in [1.82, 2.24) is 5.32 Å². The summed E-state index contributed by atoms with van der Waals surface area (Å²) in [5.74, 6) is -1.45. The number of aliphatic carboxylic acids is 1. The minimum Gasteiger partial charge on any atom is -0.482 e. The standard InChI is InChI=1S/C19H20ClNO5/c1-19(12-25-2,18(23)24)21-17(22)11-26-16-9-8-14(10-15(16)20)13-6-4-3-5-7-13/h3-10H,11-12H2,1-2H3,(H,21,22)(H,23,24). The first kappa shape index (κ1) is 19.8. The largest absolute Gasteiger partial charge is 0.482 e. The Bertz CT molecular complexity index is 781. The maximum atomic E-state index is 12.0. The minimum absolute atomic E-state index is 0.166. The Morgan fingerprint density at radius 1 is 1.15 bits per heavy atom. The maximum Gasteiger partial charge on any atom is 0.331 e. The lowest BCUT2D eigenvalue weighted by atomic mass is 10.0. The van der Waals surface area contributed by atoms with E-state index in [1.54, 1.807) is 12.1 Å². The van der Waals surface area contributed by atoms with E-state index >= 15 is 0 Å². The average Bonchev–Trinajstić information content (AvgIpc) is 2.61. The number of nitrogens with one attached hydrogen (secondary N) is 1. The van der Waals surface area contributed by atoms with E-state index < -0.39 is 17.4 Å². The van der Waals surface area contributed by atoms with Gasteiger partial charge in [-0.15, -0.1) is 0 Å². The highest BCUT2D eigenvalue weighted by atomic mass is 35.5. The van der Waals surface area contributed by atoms with E-state index in [9.17, 15) is 14.7 Å². The summed E-state index contributed by atoms with van der Waals surface area (Å²) in [6.07, 6.45) is 0. The molecular weight excluding hydrogens is 358 g/mol. The third-order valence-electron chi connectivity index (χ3n) is 3.72. The molecule has 0 heterocycles. The molecule has 0 saturated heterocycles. The van der Waals surface area contributed by atoms with Crippen molar-refractivity contribution in [3.8, 4) is 16.9 Å². The van der Waals surface area contributed by atoms with Gasteiger partial charge in [0.05, 0.1) is 11.6 Å². The van der Waals surface area contributed by atoms with Crippen LogP contribution in [-0.4, -0.2) is 42.8 Å². The van der Waals surface area contributed by atoms with Gasteiger partial charge in [-0.25, -0.2) is 4.79 Å². The molecule has 2 aromatic carbocycles. The molecule has 0 aliphatic rings. The van der Waals surface area contributed by atoms with Crippen molar-refractivity contribution in [2.75, 3.05) is 20.3 Å². The zero-order valence-electron chi connectivity index (χ0n) is 14.5. The normalized spacial score (nSPS) is 12.9. The fraction of sp³-hybridized carbons (Fsp3) is 0.263. The van der Waals surface area contributed by atoms with Crippen molar-refractivity contribution in [2.45, 2.75) is 12.5 Å². The van der Waals surface area contributed by atoms with Crippen molar-refractivity contribution in [3.63, 3.8) is 0 Å². The SMILES string of the molecule is COCC(C)(NC(=O)COc1ccc(-c2ccccc2)cc1Cl)C(=O)O. The van der Waals surface area contributed by atoms with Gasteiger partial charge in [0, 0.05) is 7.11 Å². The molecule has 0 spiro atoms. The van der Waals surface area contributed by atoms with E-state index in [1.165, 1.54) is 14.0 Å². The van der Waals surface area contributed by atoms with Crippen molar-refractivity contribution in [2.24, 2.45) is 0 Å². The van der Waals surface area contributed by atoms with Gasteiger partial charge in [-0.3, -0.25) is 4.79 Å². The number of amides is 1. The highest BCUT2D eigenvalue weighted by Crippen LogP contribution is 2.30. The molecule has 0 aromatic heterocycles. The van der Waals surface area contributed by atoms with Crippen LogP contribution in [0.15, 0.2) is 48.5 Å². The minimum atomic E-state index is -1.53. The average molecular weight is 378 g/mol. The molecule has 138 valence electrons. The molecule has 0 bridgehead atoms. The van der Waals surface area contributed by atoms with E-state index in [1.807, 2.05) is 36.4 Å². The summed E-state index contributed by atoms with van der Waals surface area (Å²) in [6, 6.07) is 15.0. The molecule has 0 saturated carbocycles. The number of carbonyl (C=O) groups is 2. The van der Waals surface area contributed by atoms with E-state index in [2.05, 4.69) is 5.32 Å². The number of hydrogen-bond donors (Lipinski definition) is 2. The highest BCUT2D eigenvalue weighted by Gasteiger charge is 2.35. The monoisotopic (exact) mass is 377 g/mol. The van der Waals surface area contributed by atoms with Gasteiger partial charge >= 0.3 is 5.97 Å². The second kappa shape index (κ2) is 8.69. The number of hydrogen-bond acceptors (Lipinski definition) is 4. The van der Waals surface area contributed by atoms with Crippen molar-refractivity contribution < 1.29 is 24.2 Å². The van der Waals surface area contributed by atoms with E-state index in [4.69, 9.17) is 21.1 Å². The predicted molar refractivity (Wildman–Crippen MR) is 98.4 cm³/mol. The second-order valence-electron chi connectivity index (χ2n) is 5.92. The van der Waals surface area contributed by atoms with Gasteiger partial charge in [-0.05, 0) is 30.2 Å². The number of rotatable bonds is 8. The summed E-state index contributed by atoms with van der Waals surface area (Å²) in [5.41, 5.74) is 0.400. The first-order valence-electron chi connectivity index (χ1n) is 7.87. The lowest BCUT2D eigenvalue weighted by Crippen LogP contribution is -2.56. The molecule has 0 radical (unpaired) electrons. The Morgan fingerprint density at radius 2 is 1.85 bits per heavy atom. The van der Waals surface area contributed by atoms with Crippen LogP contribution < -0.4 is 10.1 Å². The van der Waals surface area contributed by atoms with Crippen LogP contribution >= 0.6 is 11.6 Å². The Balaban J connectivity index is 2.01. The van der Waals surface area contributed by atoms with E-state index in [0.29, 0.717) is 10.8 Å². The van der Waals surface area contributed by atoms with Crippen molar-refractivity contribution in [3.05, 3.63) is 53.6 Å². The number of carboxylic acids is 1. The third kappa shape index (κ3) is 4.97. The van der Waals surface area contributed by atoms with Gasteiger partial charge in [-0.1, -0.05) is 48.0 Å². The van der Waals surface area contributed by atoms with Crippen LogP contribution in [0.3, 0.4) is 0 Å². The van der Waals surface area contributed by atoms with Crippen LogP contribution in [-0.2, 0) is 14.3 Å². The van der Waals surface area contributed by atoms with E-state index in [-0.39, 0.29) is 13.2 Å². The molecule has 0 aliphatic heterocycles. The summed E-state index contributed by atoms with van der Waals surface area (Å²) in [7, 11) is 1.36. The fourth-order valence-corrected chi connectivity index (χ4v) is 2.59. The number of benzene rings is 2. The molecule has 2 N–H and O–H groups in total. The summed E-state index contributed by atoms with van der Waals surface area (Å²) >= 11 is 6.23. The summed E-state index contributed by atoms with van der Waals surface area (Å²) in [5, 5.41) is 12.0. The van der Waals surface area contributed by atoms with Crippen LogP contribution in [0.5, 0.6) is 5.75 Å². The Morgan fingerprint density at radius 3 is 2.42 bits per heavy atom. The van der Waals surface area contributed by atoms with Gasteiger partial charge in [0.25, 0.3) is 5.91 Å². The molecule has 6 nitrogen and oxygen atoms in total. The molecule has 1 unspecified atom stereocenters. The summed E-state index contributed by atoms with van der Waals surface area (Å²) in [6.45, 7) is 0.829. The van der Waals surface area contributed by atoms with Crippen LogP contribution in [0, 0.1) is 0 Å². The first-order chi connectivity index (χ1) is 12.4. The molecule has 0 fully saturated rings. The smallest absolute Gasteiger partial charge is 0.331 e. The first-order valence-corrected chi connectivity index (χ1v) is 8.24. The van der Waals surface area contributed by atoms with Gasteiger partial charge in [0.2, 0.25) is 0 Å². The molecular formula is C19H20ClNO5. The van der Waals surface area contributed by atoms with Crippen LogP contribution in [0.4, 0.5) is 0 Å². The van der Waals surface area contributed by atoms with Crippen molar-refractivity contribution in [1.29, 1.82) is 0 Å². The Labute approximate surface area is 156 Å². The van der Waals surface area contributed by atoms with Gasteiger partial charge < -0.3 is 19.9 Å². The fourth-order valence-electron chi connectivity index (χ4n) is 2.36. The summed E-state index contributed by atoms with van der Waals surface area (Å²) < 4.78 is 10.3. The molecule has 26 heavy (non-hydrogen) atoms. The third-order valence-corrected chi connectivity index (χ3v) is 4.01. The van der Waals surface area contributed by atoms with Gasteiger partial charge in [0.15, 0.2) is 12.1 Å². The topological polar surface area (TPSA) is 84.9 Å². The Hall–Kier alpha value is -2.57. The lowest BCUT2D eigenvalue weighted by Gasteiger charge is -2.25. The molecule has 2 rings (SSSR count). The molecule has 7 heteroatoms. The molecule has 1 amide bonds. The highest BCUT2D eigenvalue weighted by molar-refractivity contribution is 6.32. The zero-order valence-corrected chi connectivity index (χ0v) is 15.2.